The van der Waals surface area contributed by atoms with Crippen LogP contribution in [-0.2, 0) is 5.66 Å². The second-order valence-corrected chi connectivity index (χ2v) is 7.80. The highest BCUT2D eigenvalue weighted by Crippen LogP contribution is 2.38. The summed E-state index contributed by atoms with van der Waals surface area (Å²) in [5, 5.41) is 6.57. The van der Waals surface area contributed by atoms with Crippen LogP contribution in [0, 0.1) is 6.92 Å². The van der Waals surface area contributed by atoms with E-state index < -0.39 is 43.4 Å². The molecule has 1 amide bonds. The predicted molar refractivity (Wildman–Crippen MR) is 98.4 cm³/mol. The Hall–Kier alpha value is -3.03. The summed E-state index contributed by atoms with van der Waals surface area (Å²) in [5.74, 6) is -3.57. The van der Waals surface area contributed by atoms with Gasteiger partial charge in [-0.3, -0.25) is 9.69 Å². The molecule has 4 rings (SSSR count). The van der Waals surface area contributed by atoms with E-state index in [0.717, 1.165) is 17.2 Å². The second-order valence-electron chi connectivity index (χ2n) is 7.80. The third kappa shape index (κ3) is 4.59. The quantitative estimate of drug-likeness (QED) is 0.494. The van der Waals surface area contributed by atoms with Crippen LogP contribution >= 0.6 is 0 Å². The Labute approximate surface area is 178 Å². The molecule has 2 aromatic rings. The van der Waals surface area contributed by atoms with Gasteiger partial charge in [0.15, 0.2) is 12.3 Å². The molecular formula is C18H19F5N6O3. The smallest absolute Gasteiger partial charge is 0.422 e. The van der Waals surface area contributed by atoms with Gasteiger partial charge in [-0.05, 0) is 6.92 Å². The summed E-state index contributed by atoms with van der Waals surface area (Å²) in [6.07, 6.45) is -3.61. The molecule has 0 spiro atoms. The van der Waals surface area contributed by atoms with E-state index >= 15 is 0 Å². The Morgan fingerprint density at radius 2 is 2.00 bits per heavy atom. The number of ether oxygens (including phenoxy) is 1. The van der Waals surface area contributed by atoms with Gasteiger partial charge < -0.3 is 19.5 Å². The maximum atomic E-state index is 13.2. The van der Waals surface area contributed by atoms with E-state index in [1.165, 1.54) is 0 Å². The van der Waals surface area contributed by atoms with Gasteiger partial charge in [0, 0.05) is 26.1 Å². The summed E-state index contributed by atoms with van der Waals surface area (Å²) < 4.78 is 74.3. The van der Waals surface area contributed by atoms with Crippen molar-refractivity contribution in [3.63, 3.8) is 0 Å². The number of aromatic nitrogens is 3. The van der Waals surface area contributed by atoms with Crippen LogP contribution in [0.2, 0.25) is 0 Å². The zero-order valence-electron chi connectivity index (χ0n) is 17.0. The van der Waals surface area contributed by atoms with Gasteiger partial charge in [0.2, 0.25) is 11.7 Å². The number of hydrogen-bond donors (Lipinski definition) is 1. The summed E-state index contributed by atoms with van der Waals surface area (Å²) >= 11 is 0. The summed E-state index contributed by atoms with van der Waals surface area (Å²) in [6.45, 7) is 1.52. The summed E-state index contributed by atoms with van der Waals surface area (Å²) in [6, 6.07) is 0.997. The second kappa shape index (κ2) is 7.53. The topological polar surface area (TPSA) is 96.4 Å². The number of nitrogens with zero attached hydrogens (tertiary/aromatic N) is 5. The van der Waals surface area contributed by atoms with E-state index in [1.54, 1.807) is 13.8 Å². The van der Waals surface area contributed by atoms with Gasteiger partial charge in [-0.25, -0.2) is 13.8 Å². The number of hydrogen-bond acceptors (Lipinski definition) is 8. The SMILES string of the molecule is Cc1nc([C@@](C)(NC(=O)c2cc(OCC(F)(F)F)c(N3CC(F)(F)C3)cn2)N2CC2)no1. The van der Waals surface area contributed by atoms with Gasteiger partial charge in [0.05, 0.1) is 25.0 Å². The zero-order chi connectivity index (χ0) is 23.3. The molecule has 0 aliphatic carbocycles. The van der Waals surface area contributed by atoms with Crippen molar-refractivity contribution in [2.45, 2.75) is 31.6 Å². The number of rotatable bonds is 7. The first kappa shape index (κ1) is 22.2. The molecular weight excluding hydrogens is 443 g/mol. The molecule has 0 bridgehead atoms. The Balaban J connectivity index is 1.58. The molecule has 2 saturated heterocycles. The minimum absolute atomic E-state index is 0.0563. The molecule has 2 aliphatic rings. The van der Waals surface area contributed by atoms with Crippen LogP contribution in [0.3, 0.4) is 0 Å². The standard InChI is InChI=1S/C18H19F5N6O3/c1-10-25-15(27-32-10)16(2,29-3-4-29)26-14(30)11-5-13(31-9-18(21,22)23)12(6-24-11)28-7-17(19,20)8-28/h5-6H,3-4,7-9H2,1-2H3,(H,26,30)/t16-/m0/s1. The molecule has 1 atom stereocenters. The lowest BCUT2D eigenvalue weighted by molar-refractivity contribution is -0.153. The molecule has 0 saturated carbocycles. The molecule has 2 fully saturated rings. The van der Waals surface area contributed by atoms with Gasteiger partial charge in [0.1, 0.15) is 11.4 Å². The van der Waals surface area contributed by atoms with Crippen LogP contribution in [0.4, 0.5) is 27.6 Å². The number of aryl methyl sites for hydroxylation is 1. The van der Waals surface area contributed by atoms with Crippen molar-refractivity contribution in [3.05, 3.63) is 29.7 Å². The monoisotopic (exact) mass is 462 g/mol. The van der Waals surface area contributed by atoms with Gasteiger partial charge in [-0.15, -0.1) is 0 Å². The fraction of sp³-hybridized carbons (Fsp3) is 0.556. The van der Waals surface area contributed by atoms with Crippen molar-refractivity contribution in [2.24, 2.45) is 0 Å². The highest BCUT2D eigenvalue weighted by Gasteiger charge is 2.47. The predicted octanol–water partition coefficient (Wildman–Crippen LogP) is 2.09. The fourth-order valence-corrected chi connectivity index (χ4v) is 3.30. The van der Waals surface area contributed by atoms with Gasteiger partial charge in [-0.1, -0.05) is 5.16 Å². The number of nitrogens with one attached hydrogen (secondary N) is 1. The summed E-state index contributed by atoms with van der Waals surface area (Å²) in [5.41, 5.74) is -1.45. The van der Waals surface area contributed by atoms with Crippen LogP contribution in [0.5, 0.6) is 5.75 Å². The molecule has 2 aromatic heterocycles. The van der Waals surface area contributed by atoms with E-state index in [1.807, 2.05) is 4.90 Å². The Bertz CT molecular complexity index is 1020. The van der Waals surface area contributed by atoms with Gasteiger partial charge in [-0.2, -0.15) is 18.2 Å². The molecule has 14 heteroatoms. The average Bonchev–Trinajstić information content (AvgIpc) is 3.45. The van der Waals surface area contributed by atoms with Gasteiger partial charge >= 0.3 is 6.18 Å². The third-order valence-corrected chi connectivity index (χ3v) is 5.05. The Morgan fingerprint density at radius 3 is 2.53 bits per heavy atom. The fourth-order valence-electron chi connectivity index (χ4n) is 3.30. The van der Waals surface area contributed by atoms with Crippen LogP contribution in [-0.4, -0.2) is 70.8 Å². The number of carbonyl (C=O) groups excluding carboxylic acids is 1. The first-order chi connectivity index (χ1) is 14.9. The number of pyridine rings is 1. The normalized spacial score (nSPS) is 19.8. The number of halogens is 5. The van der Waals surface area contributed by atoms with Crippen LogP contribution in [0.25, 0.3) is 0 Å². The van der Waals surface area contributed by atoms with Crippen molar-refractivity contribution < 1.29 is 36.0 Å². The van der Waals surface area contributed by atoms with E-state index in [2.05, 4.69) is 20.4 Å². The number of alkyl halides is 5. The van der Waals surface area contributed by atoms with Crippen LogP contribution in [0.15, 0.2) is 16.8 Å². The Morgan fingerprint density at radius 1 is 1.31 bits per heavy atom. The average molecular weight is 462 g/mol. The third-order valence-electron chi connectivity index (χ3n) is 5.05. The van der Waals surface area contributed by atoms with E-state index in [0.29, 0.717) is 19.0 Å². The minimum atomic E-state index is -4.66. The molecule has 0 unspecified atom stereocenters. The minimum Gasteiger partial charge on any atom is -0.482 e. The molecule has 1 N–H and O–H groups in total. The van der Waals surface area contributed by atoms with Crippen molar-refractivity contribution in [2.75, 3.05) is 37.7 Å². The molecule has 4 heterocycles. The highest BCUT2D eigenvalue weighted by atomic mass is 19.4. The lowest BCUT2D eigenvalue weighted by atomic mass is 10.1. The zero-order valence-corrected chi connectivity index (χ0v) is 17.0. The molecule has 32 heavy (non-hydrogen) atoms. The van der Waals surface area contributed by atoms with Crippen molar-refractivity contribution in [1.29, 1.82) is 0 Å². The maximum absolute atomic E-state index is 13.2. The first-order valence-corrected chi connectivity index (χ1v) is 9.57. The number of amides is 1. The first-order valence-electron chi connectivity index (χ1n) is 9.57. The highest BCUT2D eigenvalue weighted by molar-refractivity contribution is 5.93. The van der Waals surface area contributed by atoms with Crippen molar-refractivity contribution in [1.82, 2.24) is 25.3 Å². The van der Waals surface area contributed by atoms with Crippen LogP contribution < -0.4 is 15.0 Å². The van der Waals surface area contributed by atoms with E-state index in [-0.39, 0.29) is 23.0 Å². The maximum Gasteiger partial charge on any atom is 0.422 e. The van der Waals surface area contributed by atoms with E-state index in [4.69, 9.17) is 9.26 Å². The van der Waals surface area contributed by atoms with Crippen molar-refractivity contribution >= 4 is 11.6 Å². The Kier molecular flexibility index (Phi) is 5.22. The molecule has 2 aliphatic heterocycles. The molecule has 0 aromatic carbocycles. The molecule has 9 nitrogen and oxygen atoms in total. The lowest BCUT2D eigenvalue weighted by Gasteiger charge is -2.40. The molecule has 174 valence electrons. The van der Waals surface area contributed by atoms with Crippen LogP contribution in [0.1, 0.15) is 29.1 Å². The van der Waals surface area contributed by atoms with Crippen molar-refractivity contribution in [3.8, 4) is 5.75 Å². The van der Waals surface area contributed by atoms with E-state index in [9.17, 15) is 26.7 Å². The largest absolute Gasteiger partial charge is 0.482 e. The number of carbonyl (C=O) groups is 1. The molecule has 0 radical (unpaired) electrons. The summed E-state index contributed by atoms with van der Waals surface area (Å²) in [4.78, 5) is 24.0. The van der Waals surface area contributed by atoms with Gasteiger partial charge in [0.25, 0.3) is 11.8 Å². The summed E-state index contributed by atoms with van der Waals surface area (Å²) in [7, 11) is 0. The number of anilines is 1. The lowest BCUT2D eigenvalue weighted by Crippen LogP contribution is -2.56.